The maximum absolute atomic E-state index is 13.0. The Balaban J connectivity index is 1.65. The SMILES string of the molecule is O=C(c1ccccc1)C1O[C@H](C(=O)c2ccccc2)[C@H](C(=O)c2ccccc2)O1. The van der Waals surface area contributed by atoms with Gasteiger partial charge in [-0.25, -0.2) is 0 Å². The number of benzene rings is 3. The van der Waals surface area contributed by atoms with Crippen LogP contribution in [0.15, 0.2) is 91.0 Å². The van der Waals surface area contributed by atoms with Crippen molar-refractivity contribution in [2.24, 2.45) is 0 Å². The first-order chi connectivity index (χ1) is 14.1. The van der Waals surface area contributed by atoms with Crippen LogP contribution in [-0.2, 0) is 9.47 Å². The smallest absolute Gasteiger partial charge is 0.224 e. The number of hydrogen-bond donors (Lipinski definition) is 0. The molecule has 0 radical (unpaired) electrons. The monoisotopic (exact) mass is 386 g/mol. The maximum atomic E-state index is 13.0. The van der Waals surface area contributed by atoms with E-state index in [1.54, 1.807) is 91.0 Å². The van der Waals surface area contributed by atoms with Gasteiger partial charge in [0.05, 0.1) is 0 Å². The number of hydrogen-bond acceptors (Lipinski definition) is 5. The van der Waals surface area contributed by atoms with Gasteiger partial charge in [0.2, 0.25) is 12.1 Å². The zero-order valence-electron chi connectivity index (χ0n) is 15.4. The summed E-state index contributed by atoms with van der Waals surface area (Å²) in [6, 6.07) is 25.5. The Labute approximate surface area is 167 Å². The molecule has 3 atom stereocenters. The lowest BCUT2D eigenvalue weighted by Gasteiger charge is -2.14. The van der Waals surface area contributed by atoms with Crippen molar-refractivity contribution in [3.05, 3.63) is 108 Å². The Hall–Kier alpha value is -3.41. The van der Waals surface area contributed by atoms with Gasteiger partial charge in [0, 0.05) is 16.7 Å². The van der Waals surface area contributed by atoms with E-state index in [-0.39, 0.29) is 0 Å². The molecule has 0 saturated carbocycles. The van der Waals surface area contributed by atoms with Gasteiger partial charge < -0.3 is 9.47 Å². The van der Waals surface area contributed by atoms with Crippen molar-refractivity contribution in [3.63, 3.8) is 0 Å². The molecular formula is C24H18O5. The van der Waals surface area contributed by atoms with E-state index in [4.69, 9.17) is 9.47 Å². The van der Waals surface area contributed by atoms with E-state index in [9.17, 15) is 14.4 Å². The molecule has 144 valence electrons. The Bertz CT molecular complexity index is 955. The molecule has 0 N–H and O–H groups in total. The van der Waals surface area contributed by atoms with E-state index < -0.39 is 35.8 Å². The Kier molecular flexibility index (Phi) is 5.42. The van der Waals surface area contributed by atoms with Gasteiger partial charge in [0.1, 0.15) is 0 Å². The first kappa shape index (κ1) is 18.9. The van der Waals surface area contributed by atoms with E-state index in [0.29, 0.717) is 16.7 Å². The number of carbonyl (C=O) groups is 3. The first-order valence-electron chi connectivity index (χ1n) is 9.24. The van der Waals surface area contributed by atoms with Gasteiger partial charge in [-0.3, -0.25) is 14.4 Å². The van der Waals surface area contributed by atoms with Gasteiger partial charge in [-0.1, -0.05) is 91.0 Å². The predicted octanol–water partition coefficient (Wildman–Crippen LogP) is 3.75. The predicted molar refractivity (Wildman–Crippen MR) is 106 cm³/mol. The van der Waals surface area contributed by atoms with Crippen molar-refractivity contribution in [2.75, 3.05) is 0 Å². The number of Topliss-reactive ketones (excluding diaryl/α,β-unsaturated/α-hetero) is 3. The van der Waals surface area contributed by atoms with Crippen LogP contribution in [0, 0.1) is 0 Å². The molecule has 0 aliphatic carbocycles. The summed E-state index contributed by atoms with van der Waals surface area (Å²) < 4.78 is 11.4. The third kappa shape index (κ3) is 3.92. The van der Waals surface area contributed by atoms with Crippen LogP contribution in [0.5, 0.6) is 0 Å². The molecule has 1 heterocycles. The van der Waals surface area contributed by atoms with Crippen molar-refractivity contribution in [1.29, 1.82) is 0 Å². The second-order valence-corrected chi connectivity index (χ2v) is 6.64. The highest BCUT2D eigenvalue weighted by Crippen LogP contribution is 2.27. The minimum absolute atomic E-state index is 0.385. The van der Waals surface area contributed by atoms with Gasteiger partial charge in [-0.2, -0.15) is 0 Å². The van der Waals surface area contributed by atoms with Crippen LogP contribution in [0.1, 0.15) is 31.1 Å². The molecule has 0 spiro atoms. The number of carbonyl (C=O) groups excluding carboxylic acids is 3. The third-order valence-corrected chi connectivity index (χ3v) is 4.72. The van der Waals surface area contributed by atoms with E-state index in [1.807, 2.05) is 0 Å². The van der Waals surface area contributed by atoms with Crippen LogP contribution < -0.4 is 0 Å². The number of ketones is 3. The highest BCUT2D eigenvalue weighted by Gasteiger charge is 2.47. The molecule has 1 unspecified atom stereocenters. The maximum Gasteiger partial charge on any atom is 0.224 e. The van der Waals surface area contributed by atoms with Gasteiger partial charge in [0.15, 0.2) is 23.8 Å². The molecule has 0 aromatic heterocycles. The third-order valence-electron chi connectivity index (χ3n) is 4.72. The molecule has 1 aliphatic heterocycles. The van der Waals surface area contributed by atoms with Crippen LogP contribution in [0.4, 0.5) is 0 Å². The first-order valence-corrected chi connectivity index (χ1v) is 9.24. The molecule has 3 aromatic carbocycles. The van der Waals surface area contributed by atoms with Gasteiger partial charge in [0.25, 0.3) is 0 Å². The molecule has 5 heteroatoms. The van der Waals surface area contributed by atoms with Crippen LogP contribution >= 0.6 is 0 Å². The Morgan fingerprint density at radius 2 is 0.793 bits per heavy atom. The van der Waals surface area contributed by atoms with Gasteiger partial charge >= 0.3 is 0 Å². The second-order valence-electron chi connectivity index (χ2n) is 6.64. The Morgan fingerprint density at radius 3 is 1.14 bits per heavy atom. The van der Waals surface area contributed by atoms with Crippen molar-refractivity contribution in [3.8, 4) is 0 Å². The molecule has 29 heavy (non-hydrogen) atoms. The average Bonchev–Trinajstić information content (AvgIpc) is 3.24. The highest BCUT2D eigenvalue weighted by molar-refractivity contribution is 6.09. The van der Waals surface area contributed by atoms with Gasteiger partial charge in [-0.15, -0.1) is 0 Å². The molecule has 1 aliphatic rings. The fourth-order valence-corrected chi connectivity index (χ4v) is 3.24. The highest BCUT2D eigenvalue weighted by atomic mass is 16.7. The summed E-state index contributed by atoms with van der Waals surface area (Å²) in [6.45, 7) is 0. The van der Waals surface area contributed by atoms with Crippen molar-refractivity contribution >= 4 is 17.3 Å². The van der Waals surface area contributed by atoms with Crippen LogP contribution in [0.25, 0.3) is 0 Å². The second kappa shape index (κ2) is 8.31. The summed E-state index contributed by atoms with van der Waals surface area (Å²) in [5.74, 6) is -1.23. The molecule has 5 nitrogen and oxygen atoms in total. The largest absolute Gasteiger partial charge is 0.331 e. The van der Waals surface area contributed by atoms with Crippen LogP contribution in [-0.4, -0.2) is 35.8 Å². The summed E-state index contributed by atoms with van der Waals surface area (Å²) in [7, 11) is 0. The van der Waals surface area contributed by atoms with Crippen molar-refractivity contribution in [2.45, 2.75) is 18.5 Å². The molecule has 1 fully saturated rings. The van der Waals surface area contributed by atoms with Crippen molar-refractivity contribution < 1.29 is 23.9 Å². The van der Waals surface area contributed by atoms with E-state index in [0.717, 1.165) is 0 Å². The summed E-state index contributed by atoms with van der Waals surface area (Å²) in [4.78, 5) is 38.8. The van der Waals surface area contributed by atoms with E-state index >= 15 is 0 Å². The Morgan fingerprint density at radius 1 is 0.483 bits per heavy atom. The standard InChI is InChI=1S/C24H18O5/c25-19(16-10-4-1-5-11-16)22-23(20(26)17-12-6-2-7-13-17)29-24(28-22)21(27)18-14-8-3-9-15-18/h1-15,22-24H/t22-,23+,24?. The number of rotatable bonds is 6. The lowest BCUT2D eigenvalue weighted by molar-refractivity contribution is -0.0372. The lowest BCUT2D eigenvalue weighted by Crippen LogP contribution is -2.37. The topological polar surface area (TPSA) is 69.7 Å². The summed E-state index contributed by atoms with van der Waals surface area (Å²) >= 11 is 0. The van der Waals surface area contributed by atoms with Crippen LogP contribution in [0.2, 0.25) is 0 Å². The summed E-state index contributed by atoms with van der Waals surface area (Å²) in [5, 5.41) is 0. The zero-order valence-corrected chi connectivity index (χ0v) is 15.4. The zero-order chi connectivity index (χ0) is 20.2. The fourth-order valence-electron chi connectivity index (χ4n) is 3.24. The average molecular weight is 386 g/mol. The lowest BCUT2D eigenvalue weighted by atomic mass is 9.96. The minimum Gasteiger partial charge on any atom is -0.331 e. The number of ether oxygens (including phenoxy) is 2. The quantitative estimate of drug-likeness (QED) is 0.604. The van der Waals surface area contributed by atoms with E-state index in [2.05, 4.69) is 0 Å². The fraction of sp³-hybridized carbons (Fsp3) is 0.125. The molecule has 1 saturated heterocycles. The van der Waals surface area contributed by atoms with E-state index in [1.165, 1.54) is 0 Å². The summed E-state index contributed by atoms with van der Waals surface area (Å²) in [5.41, 5.74) is 1.16. The molecule has 4 rings (SSSR count). The molecular weight excluding hydrogens is 368 g/mol. The summed E-state index contributed by atoms with van der Waals surface area (Å²) in [6.07, 6.45) is -3.74. The molecule has 0 amide bonds. The van der Waals surface area contributed by atoms with Crippen molar-refractivity contribution in [1.82, 2.24) is 0 Å². The molecule has 0 bridgehead atoms. The normalized spacial score (nSPS) is 20.9. The van der Waals surface area contributed by atoms with Crippen LogP contribution in [0.3, 0.4) is 0 Å². The van der Waals surface area contributed by atoms with Gasteiger partial charge in [-0.05, 0) is 0 Å². The minimum atomic E-state index is -1.33. The molecule has 3 aromatic rings.